The predicted molar refractivity (Wildman–Crippen MR) is 154 cm³/mol. The van der Waals surface area contributed by atoms with Gasteiger partial charge in [-0.15, -0.1) is 0 Å². The number of aromatic nitrogens is 3. The fourth-order valence-corrected chi connectivity index (χ4v) is 7.95. The third-order valence-electron chi connectivity index (χ3n) is 8.71. The Morgan fingerprint density at radius 1 is 0.925 bits per heavy atom. The summed E-state index contributed by atoms with van der Waals surface area (Å²) in [5.41, 5.74) is 10.0. The largest absolute Gasteiger partial charge is 0.383 e. The smallest absolute Gasteiger partial charge is 0.181 e. The highest BCUT2D eigenvalue weighted by Crippen LogP contribution is 2.37. The lowest BCUT2D eigenvalue weighted by atomic mass is 9.96. The van der Waals surface area contributed by atoms with Crippen LogP contribution in [0, 0.1) is 11.7 Å². The maximum Gasteiger partial charge on any atom is 0.181 e. The van der Waals surface area contributed by atoms with Crippen LogP contribution in [-0.4, -0.2) is 65.8 Å². The molecule has 2 aromatic carbocycles. The zero-order chi connectivity index (χ0) is 27.4. The summed E-state index contributed by atoms with van der Waals surface area (Å²) < 4.78 is 40.7. The summed E-state index contributed by atoms with van der Waals surface area (Å²) in [7, 11) is -3.13. The molecule has 0 amide bonds. The zero-order valence-electron chi connectivity index (χ0n) is 22.3. The van der Waals surface area contributed by atoms with Crippen LogP contribution in [0.2, 0.25) is 0 Å². The molecule has 1 saturated carbocycles. The highest BCUT2D eigenvalue weighted by atomic mass is 32.2. The van der Waals surface area contributed by atoms with Crippen molar-refractivity contribution in [3.05, 3.63) is 66.9 Å². The van der Waals surface area contributed by atoms with Gasteiger partial charge in [0, 0.05) is 62.1 Å². The van der Waals surface area contributed by atoms with E-state index in [1.807, 2.05) is 12.1 Å². The molecule has 2 aliphatic heterocycles. The van der Waals surface area contributed by atoms with E-state index in [-0.39, 0.29) is 11.1 Å². The molecule has 3 aliphatic rings. The van der Waals surface area contributed by atoms with E-state index >= 15 is 0 Å². The van der Waals surface area contributed by atoms with Gasteiger partial charge >= 0.3 is 0 Å². The highest BCUT2D eigenvalue weighted by molar-refractivity contribution is 7.92. The van der Waals surface area contributed by atoms with Crippen LogP contribution in [0.25, 0.3) is 22.2 Å². The summed E-state index contributed by atoms with van der Waals surface area (Å²) in [6, 6.07) is 14.2. The second kappa shape index (κ2) is 9.85. The van der Waals surface area contributed by atoms with Gasteiger partial charge in [0.05, 0.1) is 15.5 Å². The number of benzene rings is 2. The van der Waals surface area contributed by atoms with Gasteiger partial charge in [-0.2, -0.15) is 0 Å². The SMILES string of the molecule is Nc1ncnc2c1c(-c1ccc(F)cc1)cn2C1CCN(CC2CN(c3ccc(S(=O)(=O)C4CC4)cc3)C2)CC1. The predicted octanol–water partition coefficient (Wildman–Crippen LogP) is 4.53. The van der Waals surface area contributed by atoms with Crippen molar-refractivity contribution in [2.24, 2.45) is 5.92 Å². The number of hydrogen-bond acceptors (Lipinski definition) is 7. The molecule has 2 saturated heterocycles. The van der Waals surface area contributed by atoms with E-state index < -0.39 is 9.84 Å². The molecule has 8 nitrogen and oxygen atoms in total. The number of anilines is 2. The van der Waals surface area contributed by atoms with Crippen LogP contribution in [0.4, 0.5) is 15.9 Å². The Bertz CT molecular complexity index is 1640. The topological polar surface area (TPSA) is 97.3 Å². The van der Waals surface area contributed by atoms with Crippen molar-refractivity contribution < 1.29 is 12.8 Å². The number of likely N-dealkylation sites (tertiary alicyclic amines) is 1. The molecule has 0 radical (unpaired) electrons. The fourth-order valence-electron chi connectivity index (χ4n) is 6.29. The molecule has 3 fully saturated rings. The summed E-state index contributed by atoms with van der Waals surface area (Å²) in [5.74, 6) is 0.779. The third-order valence-corrected chi connectivity index (χ3v) is 11.0. The fraction of sp³-hybridized carbons (Fsp3) is 0.400. The molecule has 1 aliphatic carbocycles. The number of halogens is 1. The lowest BCUT2D eigenvalue weighted by molar-refractivity contribution is 0.153. The highest BCUT2D eigenvalue weighted by Gasteiger charge is 2.37. The Morgan fingerprint density at radius 2 is 1.62 bits per heavy atom. The van der Waals surface area contributed by atoms with Crippen LogP contribution < -0.4 is 10.6 Å². The van der Waals surface area contributed by atoms with Crippen molar-refractivity contribution in [3.8, 4) is 11.1 Å². The summed E-state index contributed by atoms with van der Waals surface area (Å²) in [6.07, 6.45) is 7.23. The summed E-state index contributed by atoms with van der Waals surface area (Å²) in [5, 5.41) is 0.652. The Morgan fingerprint density at radius 3 is 2.30 bits per heavy atom. The first kappa shape index (κ1) is 25.5. The van der Waals surface area contributed by atoms with E-state index in [1.165, 1.54) is 18.5 Å². The molecule has 40 heavy (non-hydrogen) atoms. The van der Waals surface area contributed by atoms with Crippen LogP contribution in [0.15, 0.2) is 66.0 Å². The van der Waals surface area contributed by atoms with E-state index in [4.69, 9.17) is 5.73 Å². The molecule has 2 aromatic heterocycles. The maximum atomic E-state index is 13.6. The summed E-state index contributed by atoms with van der Waals surface area (Å²) in [4.78, 5) is 14.1. The lowest BCUT2D eigenvalue weighted by Gasteiger charge is -2.44. The quantitative estimate of drug-likeness (QED) is 0.355. The zero-order valence-corrected chi connectivity index (χ0v) is 23.1. The standard InChI is InChI=1S/C30H33FN6O2S/c31-22-3-1-21(2-4-22)27-18-37(30-28(27)29(32)33-19-34-30)24-11-13-35(14-12-24)15-20-16-36(17-20)23-5-7-25(8-6-23)40(38,39)26-9-10-26/h1-8,18-20,24,26H,9-17H2,(H2,32,33,34). The van der Waals surface area contributed by atoms with Gasteiger partial charge in [-0.3, -0.25) is 0 Å². The van der Waals surface area contributed by atoms with Gasteiger partial charge in [0.15, 0.2) is 9.84 Å². The Kier molecular flexibility index (Phi) is 6.27. The molecule has 0 unspecified atom stereocenters. The van der Waals surface area contributed by atoms with Crippen molar-refractivity contribution in [2.75, 3.05) is 43.4 Å². The van der Waals surface area contributed by atoms with Crippen LogP contribution in [-0.2, 0) is 9.84 Å². The lowest BCUT2D eigenvalue weighted by Crippen LogP contribution is -2.52. The maximum absolute atomic E-state index is 13.6. The second-order valence-electron chi connectivity index (χ2n) is 11.5. The van der Waals surface area contributed by atoms with Crippen molar-refractivity contribution in [3.63, 3.8) is 0 Å². The molecule has 4 aromatic rings. The van der Waals surface area contributed by atoms with Gasteiger partial charge in [-0.1, -0.05) is 12.1 Å². The van der Waals surface area contributed by atoms with Gasteiger partial charge in [0.1, 0.15) is 23.6 Å². The number of fused-ring (bicyclic) bond motifs is 1. The molecular weight excluding hydrogens is 527 g/mol. The second-order valence-corrected chi connectivity index (χ2v) is 13.7. The first-order valence-electron chi connectivity index (χ1n) is 14.0. The minimum atomic E-state index is -3.13. The molecule has 208 valence electrons. The van der Waals surface area contributed by atoms with Crippen molar-refractivity contribution in [1.29, 1.82) is 0 Å². The molecule has 7 rings (SSSR count). The molecule has 10 heteroatoms. The van der Waals surface area contributed by atoms with Crippen LogP contribution in [0.3, 0.4) is 0 Å². The minimum Gasteiger partial charge on any atom is -0.383 e. The van der Waals surface area contributed by atoms with Crippen LogP contribution in [0.5, 0.6) is 0 Å². The number of piperidine rings is 1. The van der Waals surface area contributed by atoms with E-state index in [9.17, 15) is 12.8 Å². The first-order valence-corrected chi connectivity index (χ1v) is 15.6. The van der Waals surface area contributed by atoms with Gasteiger partial charge < -0.3 is 20.1 Å². The van der Waals surface area contributed by atoms with Gasteiger partial charge in [-0.25, -0.2) is 22.8 Å². The number of nitrogen functional groups attached to an aromatic ring is 1. The Labute approximate surface area is 233 Å². The molecule has 2 N–H and O–H groups in total. The van der Waals surface area contributed by atoms with Gasteiger partial charge in [-0.05, 0) is 67.6 Å². The van der Waals surface area contributed by atoms with E-state index in [0.717, 1.165) is 86.3 Å². The molecule has 0 spiro atoms. The Balaban J connectivity index is 0.972. The number of rotatable bonds is 7. The van der Waals surface area contributed by atoms with Crippen molar-refractivity contribution in [1.82, 2.24) is 19.4 Å². The summed E-state index contributed by atoms with van der Waals surface area (Å²) >= 11 is 0. The average molecular weight is 561 g/mol. The van der Waals surface area contributed by atoms with Gasteiger partial charge in [0.2, 0.25) is 0 Å². The molecule has 4 heterocycles. The van der Waals surface area contributed by atoms with Crippen LogP contribution >= 0.6 is 0 Å². The van der Waals surface area contributed by atoms with E-state index in [2.05, 4.69) is 30.5 Å². The first-order chi connectivity index (χ1) is 19.4. The van der Waals surface area contributed by atoms with E-state index in [1.54, 1.807) is 24.3 Å². The summed E-state index contributed by atoms with van der Waals surface area (Å²) in [6.45, 7) is 5.09. The molecule has 0 bridgehead atoms. The number of nitrogens with zero attached hydrogens (tertiary/aromatic N) is 5. The van der Waals surface area contributed by atoms with Crippen molar-refractivity contribution in [2.45, 2.75) is 41.9 Å². The number of nitrogens with two attached hydrogens (primary N) is 1. The van der Waals surface area contributed by atoms with Crippen molar-refractivity contribution >= 4 is 32.4 Å². The molecule has 0 atom stereocenters. The minimum absolute atomic E-state index is 0.171. The van der Waals surface area contributed by atoms with Gasteiger partial charge in [0.25, 0.3) is 0 Å². The van der Waals surface area contributed by atoms with E-state index in [0.29, 0.717) is 22.7 Å². The van der Waals surface area contributed by atoms with Crippen LogP contribution in [0.1, 0.15) is 31.7 Å². The third kappa shape index (κ3) is 4.62. The number of hydrogen-bond donors (Lipinski definition) is 1. The normalized spacial score (nSPS) is 19.3. The molecular formula is C30H33FN6O2S. The number of sulfone groups is 1. The monoisotopic (exact) mass is 560 g/mol. The average Bonchev–Trinajstić information content (AvgIpc) is 3.73. The Hall–Kier alpha value is -3.50.